The van der Waals surface area contributed by atoms with Gasteiger partial charge in [-0.1, -0.05) is 24.3 Å². The molecule has 0 aliphatic carbocycles. The lowest BCUT2D eigenvalue weighted by Gasteiger charge is -2.16. The Morgan fingerprint density at radius 2 is 1.85 bits per heavy atom. The maximum Gasteiger partial charge on any atom is 0.328 e. The fourth-order valence-corrected chi connectivity index (χ4v) is 3.37. The molecule has 2 aromatic rings. The van der Waals surface area contributed by atoms with Crippen LogP contribution in [0, 0.1) is 5.92 Å². The molecule has 1 atom stereocenters. The van der Waals surface area contributed by atoms with Gasteiger partial charge in [-0.25, -0.2) is 4.79 Å². The molecule has 27 heavy (non-hydrogen) atoms. The van der Waals surface area contributed by atoms with Crippen molar-refractivity contribution in [2.45, 2.75) is 19.3 Å². The van der Waals surface area contributed by atoms with Crippen LogP contribution in [-0.2, 0) is 24.7 Å². The lowest BCUT2D eigenvalue weighted by molar-refractivity contribution is -0.136. The van der Waals surface area contributed by atoms with Crippen molar-refractivity contribution in [3.8, 4) is 0 Å². The van der Waals surface area contributed by atoms with E-state index in [0.29, 0.717) is 13.1 Å². The highest BCUT2D eigenvalue weighted by atomic mass is 16.4. The topological polar surface area (TPSA) is 112 Å². The van der Waals surface area contributed by atoms with E-state index >= 15 is 0 Å². The highest BCUT2D eigenvalue weighted by Gasteiger charge is 2.28. The van der Waals surface area contributed by atoms with Gasteiger partial charge in [0.15, 0.2) is 0 Å². The van der Waals surface area contributed by atoms with Gasteiger partial charge in [0.05, 0.1) is 6.42 Å². The Morgan fingerprint density at radius 1 is 1.19 bits per heavy atom. The van der Waals surface area contributed by atoms with E-state index in [4.69, 9.17) is 5.11 Å². The second-order valence-corrected chi connectivity index (χ2v) is 6.91. The molecule has 1 aliphatic rings. The highest BCUT2D eigenvalue weighted by Crippen LogP contribution is 2.22. The Morgan fingerprint density at radius 3 is 2.52 bits per heavy atom. The van der Waals surface area contributed by atoms with Crippen molar-refractivity contribution in [1.82, 2.24) is 14.5 Å². The first kappa shape index (κ1) is 18.6. The maximum absolute atomic E-state index is 12.6. The molecule has 1 amide bonds. The van der Waals surface area contributed by atoms with Crippen molar-refractivity contribution in [2.24, 2.45) is 13.0 Å². The van der Waals surface area contributed by atoms with Crippen LogP contribution in [0.1, 0.15) is 27.9 Å². The van der Waals surface area contributed by atoms with E-state index in [1.807, 2.05) is 24.3 Å². The van der Waals surface area contributed by atoms with Gasteiger partial charge in [-0.3, -0.25) is 19.4 Å². The molecule has 1 aliphatic heterocycles. The van der Waals surface area contributed by atoms with Crippen molar-refractivity contribution in [3.63, 3.8) is 0 Å². The SMILES string of the molecule is Cn1cc(C(=O)N2CCC(Cc3ccc(CC(=O)O)cc3)C2)c(=O)[nH]c1=O. The summed E-state index contributed by atoms with van der Waals surface area (Å²) in [4.78, 5) is 50.5. The number of nitrogens with zero attached hydrogens (tertiary/aromatic N) is 2. The van der Waals surface area contributed by atoms with Crippen molar-refractivity contribution in [1.29, 1.82) is 0 Å². The van der Waals surface area contributed by atoms with E-state index in [2.05, 4.69) is 4.98 Å². The van der Waals surface area contributed by atoms with Gasteiger partial charge in [0.1, 0.15) is 5.56 Å². The third-order valence-electron chi connectivity index (χ3n) is 4.81. The molecular formula is C19H21N3O5. The van der Waals surface area contributed by atoms with E-state index in [1.54, 1.807) is 4.90 Å². The lowest BCUT2D eigenvalue weighted by Crippen LogP contribution is -2.37. The van der Waals surface area contributed by atoms with Crippen LogP contribution >= 0.6 is 0 Å². The predicted molar refractivity (Wildman–Crippen MR) is 97.8 cm³/mol. The van der Waals surface area contributed by atoms with Crippen molar-refractivity contribution in [3.05, 3.63) is 68.0 Å². The van der Waals surface area contributed by atoms with Crippen LogP contribution in [0.2, 0.25) is 0 Å². The number of rotatable bonds is 5. The number of aliphatic carboxylic acids is 1. The van der Waals surface area contributed by atoms with Gasteiger partial charge in [-0.15, -0.1) is 0 Å². The summed E-state index contributed by atoms with van der Waals surface area (Å²) < 4.78 is 1.18. The summed E-state index contributed by atoms with van der Waals surface area (Å²) in [5, 5.41) is 8.81. The average molecular weight is 371 g/mol. The molecular weight excluding hydrogens is 350 g/mol. The van der Waals surface area contributed by atoms with Crippen LogP contribution < -0.4 is 11.2 Å². The Labute approximate surface area is 155 Å². The molecule has 8 heteroatoms. The summed E-state index contributed by atoms with van der Waals surface area (Å²) in [6, 6.07) is 7.46. The summed E-state index contributed by atoms with van der Waals surface area (Å²) in [6.45, 7) is 1.10. The number of likely N-dealkylation sites (tertiary alicyclic amines) is 1. The molecule has 0 bridgehead atoms. The minimum atomic E-state index is -0.860. The number of carbonyl (C=O) groups is 2. The van der Waals surface area contributed by atoms with Gasteiger partial charge in [0.2, 0.25) is 0 Å². The van der Waals surface area contributed by atoms with Crippen LogP contribution in [0.15, 0.2) is 40.1 Å². The molecule has 2 heterocycles. The minimum absolute atomic E-state index is 0.000112. The first-order chi connectivity index (χ1) is 12.8. The van der Waals surface area contributed by atoms with Crippen molar-refractivity contribution in [2.75, 3.05) is 13.1 Å². The van der Waals surface area contributed by atoms with E-state index in [1.165, 1.54) is 17.8 Å². The average Bonchev–Trinajstić information content (AvgIpc) is 3.07. The number of H-pyrrole nitrogens is 1. The van der Waals surface area contributed by atoms with E-state index in [9.17, 15) is 19.2 Å². The minimum Gasteiger partial charge on any atom is -0.481 e. The summed E-state index contributed by atoms with van der Waals surface area (Å²) in [6.07, 6.45) is 2.88. The fourth-order valence-electron chi connectivity index (χ4n) is 3.37. The molecule has 0 radical (unpaired) electrons. The number of aryl methyl sites for hydroxylation is 1. The molecule has 1 saturated heterocycles. The first-order valence-corrected chi connectivity index (χ1v) is 8.72. The smallest absolute Gasteiger partial charge is 0.328 e. The zero-order valence-electron chi connectivity index (χ0n) is 15.0. The van der Waals surface area contributed by atoms with Crippen LogP contribution in [0.4, 0.5) is 0 Å². The third-order valence-corrected chi connectivity index (χ3v) is 4.81. The van der Waals surface area contributed by atoms with Crippen molar-refractivity contribution >= 4 is 11.9 Å². The molecule has 1 fully saturated rings. The summed E-state index contributed by atoms with van der Waals surface area (Å²) in [5.74, 6) is -0.960. The third kappa shape index (κ3) is 4.33. The second-order valence-electron chi connectivity index (χ2n) is 6.91. The van der Waals surface area contributed by atoms with Gasteiger partial charge in [0, 0.05) is 26.3 Å². The monoisotopic (exact) mass is 371 g/mol. The first-order valence-electron chi connectivity index (χ1n) is 8.72. The quantitative estimate of drug-likeness (QED) is 0.790. The second kappa shape index (κ2) is 7.61. The molecule has 0 saturated carbocycles. The molecule has 1 aromatic carbocycles. The van der Waals surface area contributed by atoms with E-state index < -0.39 is 17.2 Å². The number of benzene rings is 1. The summed E-state index contributed by atoms with van der Waals surface area (Å²) >= 11 is 0. The Balaban J connectivity index is 1.64. The maximum atomic E-state index is 12.6. The van der Waals surface area contributed by atoms with Gasteiger partial charge in [-0.2, -0.15) is 0 Å². The predicted octanol–water partition coefficient (Wildman–Crippen LogP) is 0.406. The Kier molecular flexibility index (Phi) is 5.25. The van der Waals surface area contributed by atoms with Gasteiger partial charge in [-0.05, 0) is 29.9 Å². The number of hydrogen-bond acceptors (Lipinski definition) is 4. The highest BCUT2D eigenvalue weighted by molar-refractivity contribution is 5.93. The van der Waals surface area contributed by atoms with Crippen LogP contribution in [-0.4, -0.2) is 44.5 Å². The molecule has 142 valence electrons. The van der Waals surface area contributed by atoms with E-state index in [-0.39, 0.29) is 23.8 Å². The number of amides is 1. The number of carboxylic acids is 1. The fraction of sp³-hybridized carbons (Fsp3) is 0.368. The normalized spacial score (nSPS) is 16.5. The largest absolute Gasteiger partial charge is 0.481 e. The van der Waals surface area contributed by atoms with Crippen molar-refractivity contribution < 1.29 is 14.7 Å². The number of hydrogen-bond donors (Lipinski definition) is 2. The lowest BCUT2D eigenvalue weighted by atomic mass is 9.97. The number of aromatic nitrogens is 2. The van der Waals surface area contributed by atoms with Crippen LogP contribution in [0.5, 0.6) is 0 Å². The Bertz CT molecular complexity index is 974. The van der Waals surface area contributed by atoms with Crippen LogP contribution in [0.25, 0.3) is 0 Å². The molecule has 3 rings (SSSR count). The number of carboxylic acid groups (broad SMARTS) is 1. The van der Waals surface area contributed by atoms with E-state index in [0.717, 1.165) is 24.0 Å². The Hall–Kier alpha value is -3.16. The number of aromatic amines is 1. The number of carbonyl (C=O) groups excluding carboxylic acids is 1. The molecule has 1 unspecified atom stereocenters. The van der Waals surface area contributed by atoms with Gasteiger partial charge in [0.25, 0.3) is 11.5 Å². The standard InChI is InChI=1S/C19H21N3O5/c1-21-11-15(17(25)20-19(21)27)18(26)22-7-6-14(10-22)8-12-2-4-13(5-3-12)9-16(23)24/h2-5,11,14H,6-10H2,1H3,(H,23,24)(H,20,25,27). The summed E-state index contributed by atoms with van der Waals surface area (Å²) in [5.41, 5.74) is 0.588. The van der Waals surface area contributed by atoms with Gasteiger partial charge < -0.3 is 14.6 Å². The van der Waals surface area contributed by atoms with Crippen LogP contribution in [0.3, 0.4) is 0 Å². The van der Waals surface area contributed by atoms with Gasteiger partial charge >= 0.3 is 11.7 Å². The molecule has 0 spiro atoms. The molecule has 1 aromatic heterocycles. The zero-order valence-corrected chi connectivity index (χ0v) is 15.0. The summed E-state index contributed by atoms with van der Waals surface area (Å²) in [7, 11) is 1.48. The molecule has 8 nitrogen and oxygen atoms in total. The number of nitrogens with one attached hydrogen (secondary N) is 1. The molecule has 2 N–H and O–H groups in total. The zero-order chi connectivity index (χ0) is 19.6.